The van der Waals surface area contributed by atoms with Gasteiger partial charge in [-0.2, -0.15) is 5.10 Å². The summed E-state index contributed by atoms with van der Waals surface area (Å²) in [4.78, 5) is 38.4. The molecule has 0 spiro atoms. The number of fused-ring (bicyclic) bond motifs is 1. The first kappa shape index (κ1) is 28.2. The number of hydrogen-bond acceptors (Lipinski definition) is 6. The normalized spacial score (nSPS) is 11.0. The molecule has 1 heterocycles. The zero-order chi connectivity index (χ0) is 28.9. The molecule has 204 valence electrons. The predicted molar refractivity (Wildman–Crippen MR) is 167 cm³/mol. The number of rotatable bonds is 7. The van der Waals surface area contributed by atoms with Crippen LogP contribution in [0.2, 0.25) is 5.02 Å². The Bertz CT molecular complexity index is 1800. The van der Waals surface area contributed by atoms with E-state index in [0.717, 1.165) is 20.1 Å². The molecule has 2 amide bonds. The number of carbonyl (C=O) groups excluding carboxylic acids is 3. The molecule has 0 unspecified atom stereocenters. The van der Waals surface area contributed by atoms with E-state index < -0.39 is 11.9 Å². The molecule has 2 N–H and O–H groups in total. The van der Waals surface area contributed by atoms with E-state index in [1.807, 2.05) is 37.3 Å². The minimum atomic E-state index is -0.496. The number of benzene rings is 4. The lowest BCUT2D eigenvalue weighted by Crippen LogP contribution is -2.18. The van der Waals surface area contributed by atoms with Gasteiger partial charge < -0.3 is 10.1 Å². The van der Waals surface area contributed by atoms with Crippen molar-refractivity contribution < 1.29 is 19.1 Å². The van der Waals surface area contributed by atoms with Gasteiger partial charge in [-0.05, 0) is 67.6 Å². The minimum Gasteiger partial charge on any atom is -0.422 e. The van der Waals surface area contributed by atoms with E-state index in [0.29, 0.717) is 38.0 Å². The smallest absolute Gasteiger partial charge is 0.343 e. The van der Waals surface area contributed by atoms with Crippen LogP contribution in [-0.2, 0) is 0 Å². The molecule has 0 fully saturated rings. The first-order chi connectivity index (χ1) is 19.8. The van der Waals surface area contributed by atoms with Crippen molar-refractivity contribution in [3.63, 3.8) is 0 Å². The van der Waals surface area contributed by atoms with Crippen molar-refractivity contribution in [2.75, 3.05) is 5.32 Å². The lowest BCUT2D eigenvalue weighted by atomic mass is 10.1. The van der Waals surface area contributed by atoms with Crippen LogP contribution in [0.5, 0.6) is 5.75 Å². The van der Waals surface area contributed by atoms with Crippen LogP contribution in [0.3, 0.4) is 0 Å². The average Bonchev–Trinajstić information content (AvgIpc) is 3.29. The van der Waals surface area contributed by atoms with Crippen LogP contribution in [-0.4, -0.2) is 24.0 Å². The highest BCUT2D eigenvalue weighted by Gasteiger charge is 2.18. The molecule has 0 radical (unpaired) electrons. The number of esters is 1. The van der Waals surface area contributed by atoms with Crippen LogP contribution >= 0.6 is 38.9 Å². The molecule has 7 nitrogen and oxygen atoms in total. The Hall–Kier alpha value is -4.31. The van der Waals surface area contributed by atoms with E-state index >= 15 is 0 Å². The maximum atomic E-state index is 12.8. The first-order valence-electron chi connectivity index (χ1n) is 12.3. The molecular weight excluding hydrogens is 626 g/mol. The largest absolute Gasteiger partial charge is 0.422 e. The van der Waals surface area contributed by atoms with Crippen LogP contribution < -0.4 is 15.5 Å². The van der Waals surface area contributed by atoms with E-state index in [4.69, 9.17) is 16.3 Å². The summed E-state index contributed by atoms with van der Waals surface area (Å²) in [6.45, 7) is 1.94. The van der Waals surface area contributed by atoms with Gasteiger partial charge in [-0.15, -0.1) is 11.3 Å². The minimum absolute atomic E-state index is 0.308. The molecule has 10 heteroatoms. The van der Waals surface area contributed by atoms with Crippen LogP contribution in [0.15, 0.2) is 101 Å². The highest BCUT2D eigenvalue weighted by atomic mass is 79.9. The van der Waals surface area contributed by atoms with Gasteiger partial charge in [0.1, 0.15) is 10.6 Å². The summed E-state index contributed by atoms with van der Waals surface area (Å²) in [6, 6.07) is 26.0. The summed E-state index contributed by atoms with van der Waals surface area (Å²) in [5, 5.41) is 8.04. The Labute approximate surface area is 252 Å². The van der Waals surface area contributed by atoms with Crippen molar-refractivity contribution in [1.29, 1.82) is 0 Å². The Morgan fingerprint density at radius 2 is 1.61 bits per heavy atom. The number of carbonyl (C=O) groups is 3. The highest BCUT2D eigenvalue weighted by Crippen LogP contribution is 2.37. The first-order valence-corrected chi connectivity index (χ1v) is 14.3. The molecule has 41 heavy (non-hydrogen) atoms. The molecule has 0 aliphatic heterocycles. The number of hydrazone groups is 1. The molecule has 0 saturated heterocycles. The molecule has 4 aromatic carbocycles. The van der Waals surface area contributed by atoms with Gasteiger partial charge >= 0.3 is 5.97 Å². The Balaban J connectivity index is 1.20. The number of hydrogen-bond donors (Lipinski definition) is 2. The van der Waals surface area contributed by atoms with E-state index in [-0.39, 0.29) is 5.91 Å². The number of nitrogens with zero attached hydrogens (tertiary/aromatic N) is 1. The van der Waals surface area contributed by atoms with Crippen LogP contribution in [0.1, 0.15) is 41.5 Å². The fourth-order valence-corrected chi connectivity index (χ4v) is 5.80. The second kappa shape index (κ2) is 12.5. The summed E-state index contributed by atoms with van der Waals surface area (Å²) in [5.41, 5.74) is 5.28. The standard InChI is InChI=1S/C31H21BrClN3O4S/c1-18-6-8-20(9-7-18)31(39)40-25-5-3-2-4-21(25)17-34-36-29(37)19-10-13-23(14-11-19)35-30(38)28-27(33)24-15-12-22(32)16-26(24)41-28/h2-17H,1H3,(H,35,38)(H,36,37)/b34-17-. The lowest BCUT2D eigenvalue weighted by molar-refractivity contribution is 0.0734. The number of ether oxygens (including phenoxy) is 1. The number of aryl methyl sites for hydroxylation is 1. The van der Waals surface area contributed by atoms with Crippen LogP contribution in [0.4, 0.5) is 5.69 Å². The number of halogens is 2. The van der Waals surface area contributed by atoms with E-state index in [9.17, 15) is 14.4 Å². The van der Waals surface area contributed by atoms with Gasteiger partial charge in [0.05, 0.1) is 16.8 Å². The molecule has 0 aliphatic rings. The zero-order valence-corrected chi connectivity index (χ0v) is 24.6. The summed E-state index contributed by atoms with van der Waals surface area (Å²) < 4.78 is 7.33. The highest BCUT2D eigenvalue weighted by molar-refractivity contribution is 9.10. The van der Waals surface area contributed by atoms with Gasteiger partial charge in [-0.3, -0.25) is 9.59 Å². The van der Waals surface area contributed by atoms with Gasteiger partial charge in [-0.1, -0.05) is 63.4 Å². The number of nitrogens with one attached hydrogen (secondary N) is 2. The Morgan fingerprint density at radius 3 is 2.37 bits per heavy atom. The van der Waals surface area contributed by atoms with Crippen LogP contribution in [0, 0.1) is 6.92 Å². The second-order valence-electron chi connectivity index (χ2n) is 8.91. The Kier molecular flexibility index (Phi) is 8.58. The third kappa shape index (κ3) is 6.71. The van der Waals surface area contributed by atoms with Crippen molar-refractivity contribution >= 4 is 78.6 Å². The van der Waals surface area contributed by atoms with Crippen molar-refractivity contribution in [3.05, 3.63) is 128 Å². The number of thiophene rings is 1. The third-order valence-corrected chi connectivity index (χ3v) is 8.13. The average molecular weight is 647 g/mol. The van der Waals surface area contributed by atoms with E-state index in [1.54, 1.807) is 60.7 Å². The molecule has 0 atom stereocenters. The molecule has 5 aromatic rings. The van der Waals surface area contributed by atoms with Gasteiger partial charge in [0.15, 0.2) is 0 Å². The van der Waals surface area contributed by atoms with Crippen molar-refractivity contribution in [2.45, 2.75) is 6.92 Å². The predicted octanol–water partition coefficient (Wildman–Crippen LogP) is 7.86. The molecule has 1 aromatic heterocycles. The van der Waals surface area contributed by atoms with Gasteiger partial charge in [0.25, 0.3) is 11.8 Å². The summed E-state index contributed by atoms with van der Waals surface area (Å²) in [5.74, 6) is -0.977. The number of anilines is 1. The van der Waals surface area contributed by atoms with Gasteiger partial charge in [-0.25, -0.2) is 10.2 Å². The third-order valence-electron chi connectivity index (χ3n) is 5.98. The second-order valence-corrected chi connectivity index (χ2v) is 11.3. The van der Waals surface area contributed by atoms with E-state index in [2.05, 4.69) is 31.8 Å². The quantitative estimate of drug-likeness (QED) is 0.0814. The molecule has 0 aliphatic carbocycles. The molecule has 5 rings (SSSR count). The van der Waals surface area contributed by atoms with Crippen molar-refractivity contribution in [1.82, 2.24) is 5.43 Å². The summed E-state index contributed by atoms with van der Waals surface area (Å²) in [7, 11) is 0. The van der Waals surface area contributed by atoms with Crippen molar-refractivity contribution in [2.24, 2.45) is 5.10 Å². The summed E-state index contributed by atoms with van der Waals surface area (Å²) in [6.07, 6.45) is 1.40. The molecule has 0 saturated carbocycles. The topological polar surface area (TPSA) is 96.9 Å². The zero-order valence-electron chi connectivity index (χ0n) is 21.5. The monoisotopic (exact) mass is 645 g/mol. The summed E-state index contributed by atoms with van der Waals surface area (Å²) >= 11 is 11.2. The molecule has 0 bridgehead atoms. The SMILES string of the molecule is Cc1ccc(C(=O)Oc2ccccc2/C=N\NC(=O)c2ccc(NC(=O)c3sc4cc(Br)ccc4c3Cl)cc2)cc1. The number of amides is 2. The Morgan fingerprint density at radius 1 is 0.902 bits per heavy atom. The van der Waals surface area contributed by atoms with Gasteiger partial charge in [0, 0.05) is 31.4 Å². The van der Waals surface area contributed by atoms with E-state index in [1.165, 1.54) is 17.6 Å². The van der Waals surface area contributed by atoms with Gasteiger partial charge in [0.2, 0.25) is 0 Å². The van der Waals surface area contributed by atoms with Crippen molar-refractivity contribution in [3.8, 4) is 5.75 Å². The fourth-order valence-electron chi connectivity index (χ4n) is 3.83. The fraction of sp³-hybridized carbons (Fsp3) is 0.0323. The molecular formula is C31H21BrClN3O4S. The number of para-hydroxylation sites is 1. The maximum Gasteiger partial charge on any atom is 0.343 e. The van der Waals surface area contributed by atoms with Crippen LogP contribution in [0.25, 0.3) is 10.1 Å². The maximum absolute atomic E-state index is 12.8. The lowest BCUT2D eigenvalue weighted by Gasteiger charge is -2.08.